The largest absolute Gasteiger partial charge is 0.456 e. The Bertz CT molecular complexity index is 5580. The number of fused-ring (bicyclic) bond motifs is 14. The predicted octanol–water partition coefficient (Wildman–Crippen LogP) is 21.0. The first-order valence-corrected chi connectivity index (χ1v) is 34.8. The minimum atomic E-state index is -3.29. The lowest BCUT2D eigenvalue weighted by Crippen LogP contribution is -2.77. The van der Waals surface area contributed by atoms with Crippen molar-refractivity contribution in [1.29, 1.82) is 0 Å². The SMILES string of the molecule is c1ccc(-c2ccc(N(c3ccc4c(c3)C(c3ccccc3)(c3ccccc3)c3ccccc3-4)c3ccc4c(c3)oc3cc5c(cc34)N(c3ccccc3)c3ccccc3[Si]5(c3ccc4c(c3)sc3ccccc34)c3ccc4c(c3)sc3ccccc34)cc2)cc1. The molecule has 0 saturated heterocycles. The van der Waals surface area contributed by atoms with E-state index in [2.05, 4.69) is 337 Å². The van der Waals surface area contributed by atoms with Crippen molar-refractivity contribution >= 4 is 148 Å². The second-order valence-corrected chi connectivity index (χ2v) is 30.1. The van der Waals surface area contributed by atoms with Crippen molar-refractivity contribution in [3.63, 3.8) is 0 Å². The topological polar surface area (TPSA) is 19.6 Å². The van der Waals surface area contributed by atoms with E-state index in [4.69, 9.17) is 4.42 Å². The third-order valence-electron chi connectivity index (χ3n) is 19.6. The summed E-state index contributed by atoms with van der Waals surface area (Å²) in [5.41, 5.74) is 17.5. The van der Waals surface area contributed by atoms with Gasteiger partial charge in [-0.25, -0.2) is 0 Å². The smallest absolute Gasteiger partial charge is 0.184 e. The van der Waals surface area contributed by atoms with Crippen molar-refractivity contribution in [1.82, 2.24) is 0 Å². The number of anilines is 6. The molecule has 3 nitrogen and oxygen atoms in total. The first kappa shape index (κ1) is 52.1. The summed E-state index contributed by atoms with van der Waals surface area (Å²) in [6.45, 7) is 0. The highest BCUT2D eigenvalue weighted by atomic mass is 32.1. The van der Waals surface area contributed by atoms with Gasteiger partial charge in [-0.2, -0.15) is 0 Å². The highest BCUT2D eigenvalue weighted by Crippen LogP contribution is 2.58. The van der Waals surface area contributed by atoms with Gasteiger partial charge in [-0.1, -0.05) is 231 Å². The summed E-state index contributed by atoms with van der Waals surface area (Å²) in [5.74, 6) is 0. The Morgan fingerprint density at radius 1 is 0.319 bits per heavy atom. The molecule has 3 aromatic heterocycles. The average molecular weight is 1210 g/mol. The maximum atomic E-state index is 7.52. The number of hydrogen-bond donors (Lipinski definition) is 0. The van der Waals surface area contributed by atoms with Crippen LogP contribution in [-0.2, 0) is 5.41 Å². The summed E-state index contributed by atoms with van der Waals surface area (Å²) in [5, 5.41) is 12.7. The van der Waals surface area contributed by atoms with Crippen molar-refractivity contribution in [2.45, 2.75) is 5.41 Å². The van der Waals surface area contributed by atoms with Gasteiger partial charge in [-0.05, 0) is 156 Å². The van der Waals surface area contributed by atoms with Gasteiger partial charge in [0.1, 0.15) is 11.2 Å². The van der Waals surface area contributed by atoms with E-state index in [0.29, 0.717) is 0 Å². The molecule has 17 aromatic rings. The van der Waals surface area contributed by atoms with Gasteiger partial charge >= 0.3 is 0 Å². The van der Waals surface area contributed by atoms with Crippen LogP contribution < -0.4 is 30.5 Å². The standard InChI is InChI=1S/C85H54N2OS2Si/c1-5-21-55(22-6-1)56-37-39-60(40-38-56)86(61-41-45-66-65-29-13-16-32-73(65)85(74(66)49-61,57-23-7-2-8-24-57)58-25-9-3-10-26-58)62-42-46-67-72-53-76-84(54-78(72)88-77(67)50-62)91(63-43-47-70-68-30-14-18-34-79(68)89-81(70)51-63,64-44-48-71-69-31-15-19-35-80(69)90-82(71)52-64)83-36-20-17-33-75(83)87(76)59-27-11-4-12-28-59/h1-54H. The molecule has 0 atom stereocenters. The quantitative estimate of drug-likeness (QED) is 0.134. The van der Waals surface area contributed by atoms with Crippen LogP contribution in [0.15, 0.2) is 332 Å². The van der Waals surface area contributed by atoms with Gasteiger partial charge in [0.25, 0.3) is 0 Å². The molecule has 14 aromatic carbocycles. The number of thiophene rings is 2. The summed E-state index contributed by atoms with van der Waals surface area (Å²) < 4.78 is 12.7. The second kappa shape index (κ2) is 20.3. The van der Waals surface area contributed by atoms with Crippen LogP contribution in [0.5, 0.6) is 0 Å². The molecular weight excluding hydrogens is 1160 g/mol. The fraction of sp³-hybridized carbons (Fsp3) is 0.0118. The van der Waals surface area contributed by atoms with Crippen molar-refractivity contribution in [3.8, 4) is 22.3 Å². The zero-order chi connectivity index (χ0) is 59.8. The second-order valence-electron chi connectivity index (χ2n) is 24.2. The van der Waals surface area contributed by atoms with E-state index >= 15 is 0 Å². The lowest BCUT2D eigenvalue weighted by atomic mass is 9.67. The minimum Gasteiger partial charge on any atom is -0.456 e. The summed E-state index contributed by atoms with van der Waals surface area (Å²) in [4.78, 5) is 4.95. The van der Waals surface area contributed by atoms with Crippen molar-refractivity contribution in [2.75, 3.05) is 9.80 Å². The van der Waals surface area contributed by atoms with E-state index in [1.807, 2.05) is 22.7 Å². The summed E-state index contributed by atoms with van der Waals surface area (Å²) in [6, 6.07) is 123. The van der Waals surface area contributed by atoms with Crippen molar-refractivity contribution in [3.05, 3.63) is 350 Å². The Morgan fingerprint density at radius 2 is 0.824 bits per heavy atom. The Hall–Kier alpha value is -10.9. The van der Waals surface area contributed by atoms with Gasteiger partial charge in [0.05, 0.1) is 5.41 Å². The molecule has 426 valence electrons. The van der Waals surface area contributed by atoms with E-state index in [1.54, 1.807) is 0 Å². The summed E-state index contributed by atoms with van der Waals surface area (Å²) in [6.07, 6.45) is 0. The molecule has 2 aliphatic rings. The van der Waals surface area contributed by atoms with Crippen molar-refractivity contribution in [2.24, 2.45) is 0 Å². The minimum absolute atomic E-state index is 0.575. The number of para-hydroxylation sites is 2. The van der Waals surface area contributed by atoms with Crippen LogP contribution in [0.25, 0.3) is 84.5 Å². The van der Waals surface area contributed by atoms with E-state index in [-0.39, 0.29) is 0 Å². The molecule has 19 rings (SSSR count). The maximum Gasteiger partial charge on any atom is 0.184 e. The Kier molecular flexibility index (Phi) is 11.6. The molecule has 0 bridgehead atoms. The molecule has 0 unspecified atom stereocenters. The summed E-state index contributed by atoms with van der Waals surface area (Å²) in [7, 11) is -3.29. The number of furan rings is 1. The van der Waals surface area contributed by atoms with Crippen LogP contribution in [0, 0.1) is 0 Å². The molecule has 6 heteroatoms. The lowest BCUT2D eigenvalue weighted by Gasteiger charge is -2.45. The van der Waals surface area contributed by atoms with Crippen LogP contribution in [0.3, 0.4) is 0 Å². The zero-order valence-corrected chi connectivity index (χ0v) is 51.9. The van der Waals surface area contributed by atoms with Gasteiger partial charge < -0.3 is 14.2 Å². The number of hydrogen-bond acceptors (Lipinski definition) is 5. The molecule has 91 heavy (non-hydrogen) atoms. The highest BCUT2D eigenvalue weighted by molar-refractivity contribution is 7.27. The fourth-order valence-electron chi connectivity index (χ4n) is 15.7. The molecule has 1 aliphatic heterocycles. The highest BCUT2D eigenvalue weighted by Gasteiger charge is 2.50. The zero-order valence-electron chi connectivity index (χ0n) is 49.3. The molecule has 0 amide bonds. The Morgan fingerprint density at radius 3 is 1.51 bits per heavy atom. The lowest BCUT2D eigenvalue weighted by molar-refractivity contribution is 0.669. The number of rotatable bonds is 9. The predicted molar refractivity (Wildman–Crippen MR) is 389 cm³/mol. The molecule has 4 heterocycles. The van der Waals surface area contributed by atoms with E-state index in [1.165, 1.54) is 111 Å². The number of nitrogens with zero attached hydrogens (tertiary/aromatic N) is 2. The molecular formula is C85H54N2OS2Si. The molecule has 0 saturated carbocycles. The normalized spacial score (nSPS) is 13.6. The van der Waals surface area contributed by atoms with E-state index in [9.17, 15) is 0 Å². The van der Waals surface area contributed by atoms with E-state index in [0.717, 1.165) is 50.3 Å². The van der Waals surface area contributed by atoms with Gasteiger partial charge in [-0.15, -0.1) is 22.7 Å². The molecule has 0 radical (unpaired) electrons. The Labute approximate surface area is 535 Å². The van der Waals surface area contributed by atoms with Crippen LogP contribution in [0.1, 0.15) is 22.3 Å². The average Bonchev–Trinajstić information content (AvgIpc) is 1.68. The van der Waals surface area contributed by atoms with Gasteiger partial charge in [0.2, 0.25) is 0 Å². The van der Waals surface area contributed by atoms with Gasteiger partial charge in [0, 0.05) is 91.3 Å². The van der Waals surface area contributed by atoms with Crippen LogP contribution in [0.2, 0.25) is 0 Å². The third-order valence-corrected chi connectivity index (χ3v) is 26.7. The van der Waals surface area contributed by atoms with Crippen LogP contribution in [-0.4, -0.2) is 8.07 Å². The monoisotopic (exact) mass is 1210 g/mol. The maximum absolute atomic E-state index is 7.52. The van der Waals surface area contributed by atoms with Crippen LogP contribution >= 0.6 is 22.7 Å². The molecule has 0 fully saturated rings. The Balaban J connectivity index is 0.858. The van der Waals surface area contributed by atoms with Gasteiger partial charge in [0.15, 0.2) is 8.07 Å². The van der Waals surface area contributed by atoms with Crippen LogP contribution in [0.4, 0.5) is 34.1 Å². The van der Waals surface area contributed by atoms with Gasteiger partial charge in [-0.3, -0.25) is 0 Å². The molecule has 0 spiro atoms. The fourth-order valence-corrected chi connectivity index (χ4v) is 23.3. The van der Waals surface area contributed by atoms with E-state index < -0.39 is 13.5 Å². The summed E-state index contributed by atoms with van der Waals surface area (Å²) >= 11 is 3.79. The first-order chi connectivity index (χ1) is 45.1. The molecule has 1 aliphatic carbocycles. The third kappa shape index (κ3) is 7.71. The first-order valence-electron chi connectivity index (χ1n) is 31.2. The van der Waals surface area contributed by atoms with Crippen molar-refractivity contribution < 1.29 is 4.42 Å². The molecule has 0 N–H and O–H groups in total. The number of benzene rings is 14.